The minimum absolute atomic E-state index is 0.201. The van der Waals surface area contributed by atoms with Gasteiger partial charge in [0, 0.05) is 24.5 Å². The van der Waals surface area contributed by atoms with Crippen molar-refractivity contribution >= 4 is 32.8 Å². The number of hydrogen-bond acceptors (Lipinski definition) is 5. The molecule has 2 rings (SSSR count). The van der Waals surface area contributed by atoms with Crippen molar-refractivity contribution in [3.8, 4) is 0 Å². The molecule has 1 aromatic heterocycles. The SMILES string of the molecule is CC(C)Nc1ccc(CNC(=O)c2ccc(S(C)(=O)=O)s2)cc1. The summed E-state index contributed by atoms with van der Waals surface area (Å²) < 4.78 is 23.1. The largest absolute Gasteiger partial charge is 0.383 e. The summed E-state index contributed by atoms with van der Waals surface area (Å²) >= 11 is 0.982. The van der Waals surface area contributed by atoms with Gasteiger partial charge >= 0.3 is 0 Å². The molecule has 0 saturated heterocycles. The molecule has 0 atom stereocenters. The van der Waals surface area contributed by atoms with E-state index >= 15 is 0 Å². The van der Waals surface area contributed by atoms with Crippen LogP contribution in [0, 0.1) is 0 Å². The second-order valence-electron chi connectivity index (χ2n) is 5.57. The molecule has 0 aliphatic rings. The zero-order valence-corrected chi connectivity index (χ0v) is 14.9. The van der Waals surface area contributed by atoms with Crippen molar-refractivity contribution in [2.45, 2.75) is 30.6 Å². The third kappa shape index (κ3) is 5.07. The maximum Gasteiger partial charge on any atom is 0.261 e. The van der Waals surface area contributed by atoms with E-state index in [0.29, 0.717) is 17.5 Å². The molecule has 0 bridgehead atoms. The Bertz CT molecular complexity index is 778. The standard InChI is InChI=1S/C16H20N2O3S2/c1-11(2)18-13-6-4-12(5-7-13)10-17-16(19)14-8-9-15(22-14)23(3,20)21/h4-9,11,18H,10H2,1-3H3,(H,17,19). The maximum absolute atomic E-state index is 12.1. The van der Waals surface area contributed by atoms with E-state index in [1.807, 2.05) is 24.3 Å². The number of carbonyl (C=O) groups is 1. The first-order chi connectivity index (χ1) is 10.8. The smallest absolute Gasteiger partial charge is 0.261 e. The quantitative estimate of drug-likeness (QED) is 0.838. The van der Waals surface area contributed by atoms with Gasteiger partial charge in [0.2, 0.25) is 0 Å². The van der Waals surface area contributed by atoms with Gasteiger partial charge in [0.25, 0.3) is 5.91 Å². The molecule has 2 aromatic rings. The average molecular weight is 352 g/mol. The van der Waals surface area contributed by atoms with Gasteiger partial charge in [-0.15, -0.1) is 11.3 Å². The molecule has 23 heavy (non-hydrogen) atoms. The summed E-state index contributed by atoms with van der Waals surface area (Å²) in [6, 6.07) is 11.2. The monoisotopic (exact) mass is 352 g/mol. The van der Waals surface area contributed by atoms with Gasteiger partial charge in [-0.05, 0) is 43.7 Å². The van der Waals surface area contributed by atoms with Crippen molar-refractivity contribution in [1.29, 1.82) is 0 Å². The fraction of sp³-hybridized carbons (Fsp3) is 0.312. The van der Waals surface area contributed by atoms with Gasteiger partial charge in [-0.1, -0.05) is 12.1 Å². The van der Waals surface area contributed by atoms with E-state index in [1.54, 1.807) is 0 Å². The molecule has 124 valence electrons. The van der Waals surface area contributed by atoms with Crippen LogP contribution >= 0.6 is 11.3 Å². The molecule has 1 aromatic carbocycles. The van der Waals surface area contributed by atoms with E-state index in [-0.39, 0.29) is 10.1 Å². The van der Waals surface area contributed by atoms with E-state index in [4.69, 9.17) is 0 Å². The minimum Gasteiger partial charge on any atom is -0.383 e. The van der Waals surface area contributed by atoms with E-state index < -0.39 is 9.84 Å². The van der Waals surface area contributed by atoms with Crippen molar-refractivity contribution < 1.29 is 13.2 Å². The summed E-state index contributed by atoms with van der Waals surface area (Å²) in [5.74, 6) is -0.269. The number of rotatable bonds is 6. The van der Waals surface area contributed by atoms with Crippen molar-refractivity contribution in [2.24, 2.45) is 0 Å². The van der Waals surface area contributed by atoms with Crippen LogP contribution in [0.1, 0.15) is 29.1 Å². The van der Waals surface area contributed by atoms with Gasteiger partial charge in [0.15, 0.2) is 9.84 Å². The summed E-state index contributed by atoms with van der Waals surface area (Å²) in [5.41, 5.74) is 2.01. The molecule has 0 fully saturated rings. The number of anilines is 1. The summed E-state index contributed by atoms with van der Waals surface area (Å²) in [6.07, 6.45) is 1.13. The number of benzene rings is 1. The minimum atomic E-state index is -3.27. The summed E-state index contributed by atoms with van der Waals surface area (Å²) in [4.78, 5) is 12.5. The van der Waals surface area contributed by atoms with Gasteiger partial charge in [-0.2, -0.15) is 0 Å². The molecule has 7 heteroatoms. The lowest BCUT2D eigenvalue weighted by molar-refractivity contribution is 0.0955. The van der Waals surface area contributed by atoms with Gasteiger partial charge < -0.3 is 10.6 Å². The molecular weight excluding hydrogens is 332 g/mol. The first-order valence-electron chi connectivity index (χ1n) is 7.19. The molecule has 2 N–H and O–H groups in total. The van der Waals surface area contributed by atoms with E-state index in [0.717, 1.165) is 28.8 Å². The lowest BCUT2D eigenvalue weighted by Crippen LogP contribution is -2.21. The van der Waals surface area contributed by atoms with Gasteiger partial charge in [0.1, 0.15) is 4.21 Å². The Balaban J connectivity index is 1.95. The Hall–Kier alpha value is -1.86. The Morgan fingerprint density at radius 2 is 1.78 bits per heavy atom. The van der Waals surface area contributed by atoms with Crippen LogP contribution in [-0.2, 0) is 16.4 Å². The highest BCUT2D eigenvalue weighted by atomic mass is 32.2. The summed E-state index contributed by atoms with van der Waals surface area (Å²) in [7, 11) is -3.27. The van der Waals surface area contributed by atoms with Crippen LogP contribution in [0.5, 0.6) is 0 Å². The van der Waals surface area contributed by atoms with Crippen molar-refractivity contribution in [3.63, 3.8) is 0 Å². The van der Waals surface area contributed by atoms with Gasteiger partial charge in [-0.3, -0.25) is 4.79 Å². The topological polar surface area (TPSA) is 75.3 Å². The van der Waals surface area contributed by atoms with E-state index in [1.165, 1.54) is 12.1 Å². The Labute approximate surface area is 140 Å². The van der Waals surface area contributed by atoms with Gasteiger partial charge in [-0.25, -0.2) is 8.42 Å². The zero-order chi connectivity index (χ0) is 17.0. The lowest BCUT2D eigenvalue weighted by Gasteiger charge is -2.10. The molecule has 1 amide bonds. The predicted molar refractivity (Wildman–Crippen MR) is 93.8 cm³/mol. The molecule has 0 unspecified atom stereocenters. The fourth-order valence-corrected chi connectivity index (χ4v) is 3.81. The average Bonchev–Trinajstić information content (AvgIpc) is 2.95. The fourth-order valence-electron chi connectivity index (χ4n) is 1.96. The Morgan fingerprint density at radius 3 is 2.30 bits per heavy atom. The Kier molecular flexibility index (Phi) is 5.43. The molecule has 5 nitrogen and oxygen atoms in total. The van der Waals surface area contributed by atoms with Crippen LogP contribution in [0.15, 0.2) is 40.6 Å². The third-order valence-electron chi connectivity index (χ3n) is 3.03. The zero-order valence-electron chi connectivity index (χ0n) is 13.3. The number of hydrogen-bond donors (Lipinski definition) is 2. The van der Waals surface area contributed by atoms with Crippen LogP contribution in [-0.4, -0.2) is 26.6 Å². The highest BCUT2D eigenvalue weighted by Gasteiger charge is 2.14. The van der Waals surface area contributed by atoms with Crippen LogP contribution in [0.25, 0.3) is 0 Å². The first-order valence-corrected chi connectivity index (χ1v) is 9.90. The predicted octanol–water partition coefficient (Wildman–Crippen LogP) is 2.90. The molecule has 0 aliphatic heterocycles. The van der Waals surface area contributed by atoms with E-state index in [9.17, 15) is 13.2 Å². The lowest BCUT2D eigenvalue weighted by atomic mass is 10.2. The first kappa shape index (κ1) is 17.5. The maximum atomic E-state index is 12.1. The summed E-state index contributed by atoms with van der Waals surface area (Å²) in [6.45, 7) is 4.53. The number of amides is 1. The third-order valence-corrected chi connectivity index (χ3v) is 5.94. The van der Waals surface area contributed by atoms with Crippen molar-refractivity contribution in [1.82, 2.24) is 5.32 Å². The molecule has 0 saturated carbocycles. The van der Waals surface area contributed by atoms with Crippen LogP contribution in [0.2, 0.25) is 0 Å². The molecular formula is C16H20N2O3S2. The van der Waals surface area contributed by atoms with Crippen LogP contribution in [0.3, 0.4) is 0 Å². The summed E-state index contributed by atoms with van der Waals surface area (Å²) in [5, 5.41) is 6.09. The molecule has 1 heterocycles. The van der Waals surface area contributed by atoms with Crippen LogP contribution in [0.4, 0.5) is 5.69 Å². The number of nitrogens with one attached hydrogen (secondary N) is 2. The Morgan fingerprint density at radius 1 is 1.13 bits per heavy atom. The molecule has 0 aliphatic carbocycles. The normalized spacial score (nSPS) is 11.5. The second-order valence-corrected chi connectivity index (χ2v) is 8.90. The van der Waals surface area contributed by atoms with Crippen molar-refractivity contribution in [2.75, 3.05) is 11.6 Å². The number of carbonyl (C=O) groups excluding carboxylic acids is 1. The van der Waals surface area contributed by atoms with Gasteiger partial charge in [0.05, 0.1) is 4.88 Å². The highest BCUT2D eigenvalue weighted by molar-refractivity contribution is 7.92. The molecule has 0 radical (unpaired) electrons. The molecule has 0 spiro atoms. The number of sulfone groups is 1. The number of thiophene rings is 1. The highest BCUT2D eigenvalue weighted by Crippen LogP contribution is 2.21. The van der Waals surface area contributed by atoms with E-state index in [2.05, 4.69) is 24.5 Å². The van der Waals surface area contributed by atoms with Crippen LogP contribution < -0.4 is 10.6 Å². The van der Waals surface area contributed by atoms with Crippen molar-refractivity contribution in [3.05, 3.63) is 46.8 Å². The second kappa shape index (κ2) is 7.14.